The van der Waals surface area contributed by atoms with Crippen LogP contribution < -0.4 is 5.32 Å². The Bertz CT molecular complexity index is 920. The number of nitrogens with one attached hydrogen (secondary N) is 1. The summed E-state index contributed by atoms with van der Waals surface area (Å²) in [6.07, 6.45) is 20.6. The number of carbonyl (C=O) groups excluding carboxylic acids is 1. The molecule has 0 aliphatic carbocycles. The fraction of sp³-hybridized carbons (Fsp3) is 0.951. The maximum absolute atomic E-state index is 12.4. The van der Waals surface area contributed by atoms with Crippen molar-refractivity contribution in [1.29, 1.82) is 0 Å². The highest BCUT2D eigenvalue weighted by molar-refractivity contribution is 5.73. The van der Waals surface area contributed by atoms with Crippen LogP contribution in [0.5, 0.6) is 0 Å². The van der Waals surface area contributed by atoms with E-state index in [1.165, 1.54) is 117 Å². The average molecular weight is 744 g/mol. The zero-order chi connectivity index (χ0) is 38.0. The lowest BCUT2D eigenvalue weighted by molar-refractivity contribution is -0.375. The number of carboxylic acids is 1. The minimum absolute atomic E-state index is 0.169. The molecule has 52 heavy (non-hydrogen) atoms. The van der Waals surface area contributed by atoms with E-state index in [-0.39, 0.29) is 25.2 Å². The maximum Gasteiger partial charge on any atom is 0.332 e. The molecule has 2 N–H and O–H groups in total. The molecule has 0 aromatic heterocycles. The van der Waals surface area contributed by atoms with Crippen molar-refractivity contribution in [3.63, 3.8) is 0 Å². The van der Waals surface area contributed by atoms with Crippen LogP contribution in [-0.2, 0) is 42.7 Å². The Balaban J connectivity index is 1.94. The van der Waals surface area contributed by atoms with E-state index in [2.05, 4.69) is 19.2 Å². The van der Waals surface area contributed by atoms with Gasteiger partial charge in [-0.3, -0.25) is 4.79 Å². The van der Waals surface area contributed by atoms with Crippen molar-refractivity contribution in [2.24, 2.45) is 0 Å². The molecule has 1 amide bonds. The van der Waals surface area contributed by atoms with E-state index in [4.69, 9.17) is 33.2 Å². The van der Waals surface area contributed by atoms with Crippen LogP contribution in [0.3, 0.4) is 0 Å². The zero-order valence-electron chi connectivity index (χ0n) is 33.8. The van der Waals surface area contributed by atoms with E-state index in [0.29, 0.717) is 19.8 Å². The standard InChI is InChI=1S/C41H77NO10/c1-7-9-11-13-15-17-19-21-23-25-27-46-29-34(47-28-26-24-22-20-18-16-14-12-10-8-2)30-48-40-36(42-33(4)43)38(50-32(3)39(44)45)37-35(51-40)31-49-41(5,6)52-37/h32,34-38,40H,7-31H2,1-6H3,(H,42,43)(H,44,45)/t32-,34+,35+,36+,37+,38+,40+/m0/s1. The molecule has 2 aliphatic rings. The van der Waals surface area contributed by atoms with Gasteiger partial charge in [0.1, 0.15) is 30.5 Å². The summed E-state index contributed by atoms with van der Waals surface area (Å²) in [5.74, 6) is -2.38. The summed E-state index contributed by atoms with van der Waals surface area (Å²) in [7, 11) is 0. The SMILES string of the molecule is CCCCCCCCCCCCOC[C@H](CO[C@@H]1O[C@@H]2COC(C)(C)O[C@H]2[C@H](O[C@@H](C)C(=O)O)[C@H]1NC(C)=O)OCCCCCCCCCCCC. The highest BCUT2D eigenvalue weighted by Gasteiger charge is 2.53. The predicted molar refractivity (Wildman–Crippen MR) is 203 cm³/mol. The van der Waals surface area contributed by atoms with Crippen molar-refractivity contribution in [2.45, 2.75) is 219 Å². The van der Waals surface area contributed by atoms with Gasteiger partial charge in [0.15, 0.2) is 18.2 Å². The molecule has 306 valence electrons. The molecule has 0 saturated carbocycles. The highest BCUT2D eigenvalue weighted by atomic mass is 16.8. The molecule has 0 unspecified atom stereocenters. The second kappa shape index (κ2) is 28.1. The van der Waals surface area contributed by atoms with E-state index in [1.807, 2.05) is 0 Å². The van der Waals surface area contributed by atoms with Gasteiger partial charge in [-0.05, 0) is 33.6 Å². The van der Waals surface area contributed by atoms with Gasteiger partial charge in [0.2, 0.25) is 5.91 Å². The number of carbonyl (C=O) groups is 2. The van der Waals surface area contributed by atoms with Crippen molar-refractivity contribution >= 4 is 11.9 Å². The van der Waals surface area contributed by atoms with Crippen LogP contribution >= 0.6 is 0 Å². The summed E-state index contributed by atoms with van der Waals surface area (Å²) in [6, 6.07) is -0.829. The molecule has 2 saturated heterocycles. The van der Waals surface area contributed by atoms with Gasteiger partial charge in [0, 0.05) is 20.1 Å². The minimum Gasteiger partial charge on any atom is -0.479 e. The normalized spacial score (nSPS) is 23.9. The molecule has 2 fully saturated rings. The molecule has 2 rings (SSSR count). The Hall–Kier alpha value is -1.34. The molecule has 11 heteroatoms. The Morgan fingerprint density at radius 1 is 0.788 bits per heavy atom. The Morgan fingerprint density at radius 2 is 1.31 bits per heavy atom. The van der Waals surface area contributed by atoms with Gasteiger partial charge >= 0.3 is 5.97 Å². The number of carboxylic acid groups (broad SMARTS) is 1. The second-order valence-corrected chi connectivity index (χ2v) is 15.4. The van der Waals surface area contributed by atoms with E-state index in [0.717, 1.165) is 25.7 Å². The molecule has 2 aliphatic heterocycles. The van der Waals surface area contributed by atoms with Crippen molar-refractivity contribution in [2.75, 3.05) is 33.0 Å². The monoisotopic (exact) mass is 744 g/mol. The topological polar surface area (TPSA) is 131 Å². The molecular weight excluding hydrogens is 666 g/mol. The Kier molecular flexibility index (Phi) is 25.3. The number of aliphatic carboxylic acids is 1. The summed E-state index contributed by atoms with van der Waals surface area (Å²) in [5.41, 5.74) is 0. The Morgan fingerprint density at radius 3 is 1.83 bits per heavy atom. The third kappa shape index (κ3) is 20.4. The first-order valence-electron chi connectivity index (χ1n) is 21.0. The summed E-state index contributed by atoms with van der Waals surface area (Å²) in [6.45, 7) is 13.0. The first-order chi connectivity index (χ1) is 25.1. The van der Waals surface area contributed by atoms with Gasteiger partial charge in [-0.15, -0.1) is 0 Å². The summed E-state index contributed by atoms with van der Waals surface area (Å²) in [4.78, 5) is 24.2. The largest absolute Gasteiger partial charge is 0.479 e. The molecule has 2 heterocycles. The number of ether oxygens (including phenoxy) is 7. The molecule has 11 nitrogen and oxygen atoms in total. The fourth-order valence-corrected chi connectivity index (χ4v) is 6.90. The van der Waals surface area contributed by atoms with Crippen molar-refractivity contribution in [1.82, 2.24) is 5.32 Å². The first-order valence-corrected chi connectivity index (χ1v) is 21.0. The molecular formula is C41H77NO10. The third-order valence-corrected chi connectivity index (χ3v) is 9.98. The van der Waals surface area contributed by atoms with Gasteiger partial charge in [-0.1, -0.05) is 129 Å². The number of hydrogen-bond donors (Lipinski definition) is 2. The van der Waals surface area contributed by atoms with Crippen LogP contribution in [0.25, 0.3) is 0 Å². The number of rotatable bonds is 32. The third-order valence-electron chi connectivity index (χ3n) is 9.98. The van der Waals surface area contributed by atoms with Crippen molar-refractivity contribution in [3.8, 4) is 0 Å². The van der Waals surface area contributed by atoms with E-state index >= 15 is 0 Å². The molecule has 0 aromatic carbocycles. The fourth-order valence-electron chi connectivity index (χ4n) is 6.90. The number of unbranched alkanes of at least 4 members (excludes halogenated alkanes) is 18. The molecule has 0 bridgehead atoms. The van der Waals surface area contributed by atoms with Crippen LogP contribution in [0.1, 0.15) is 170 Å². The molecule has 7 atom stereocenters. The molecule has 0 spiro atoms. The van der Waals surface area contributed by atoms with Gasteiger partial charge in [-0.2, -0.15) is 0 Å². The first kappa shape index (κ1) is 46.8. The lowest BCUT2D eigenvalue weighted by Gasteiger charge is -2.51. The second-order valence-electron chi connectivity index (χ2n) is 15.4. The zero-order valence-corrected chi connectivity index (χ0v) is 33.8. The maximum atomic E-state index is 12.4. The van der Waals surface area contributed by atoms with Crippen LogP contribution in [0.15, 0.2) is 0 Å². The van der Waals surface area contributed by atoms with Crippen LogP contribution in [0.4, 0.5) is 0 Å². The average Bonchev–Trinajstić information content (AvgIpc) is 3.10. The van der Waals surface area contributed by atoms with Crippen LogP contribution in [-0.4, -0.2) is 98.7 Å². The highest BCUT2D eigenvalue weighted by Crippen LogP contribution is 2.35. The number of amides is 1. The van der Waals surface area contributed by atoms with Gasteiger partial charge < -0.3 is 43.6 Å². The number of hydrogen-bond acceptors (Lipinski definition) is 9. The summed E-state index contributed by atoms with van der Waals surface area (Å²) < 4.78 is 43.2. The lowest BCUT2D eigenvalue weighted by Crippen LogP contribution is -2.69. The summed E-state index contributed by atoms with van der Waals surface area (Å²) >= 11 is 0. The molecule has 0 aromatic rings. The van der Waals surface area contributed by atoms with Crippen molar-refractivity contribution in [3.05, 3.63) is 0 Å². The number of fused-ring (bicyclic) bond motifs is 1. The van der Waals surface area contributed by atoms with Gasteiger partial charge in [-0.25, -0.2) is 4.79 Å². The Labute approximate surface area is 316 Å². The van der Waals surface area contributed by atoms with E-state index < -0.39 is 48.5 Å². The smallest absolute Gasteiger partial charge is 0.332 e. The lowest BCUT2D eigenvalue weighted by atomic mass is 9.94. The predicted octanol–water partition coefficient (Wildman–Crippen LogP) is 8.49. The summed E-state index contributed by atoms with van der Waals surface area (Å²) in [5, 5.41) is 12.6. The van der Waals surface area contributed by atoms with Crippen LogP contribution in [0, 0.1) is 0 Å². The quantitative estimate of drug-likeness (QED) is 0.0647. The minimum atomic E-state index is -1.15. The van der Waals surface area contributed by atoms with Crippen molar-refractivity contribution < 1.29 is 47.9 Å². The molecule has 0 radical (unpaired) electrons. The van der Waals surface area contributed by atoms with E-state index in [1.54, 1.807) is 13.8 Å². The van der Waals surface area contributed by atoms with Crippen LogP contribution in [0.2, 0.25) is 0 Å². The van der Waals surface area contributed by atoms with E-state index in [9.17, 15) is 14.7 Å². The van der Waals surface area contributed by atoms with Gasteiger partial charge in [0.25, 0.3) is 0 Å². The van der Waals surface area contributed by atoms with Gasteiger partial charge in [0.05, 0.1) is 19.8 Å².